The van der Waals surface area contributed by atoms with E-state index in [2.05, 4.69) is 10.3 Å². The molecule has 1 N–H and O–H groups in total. The summed E-state index contributed by atoms with van der Waals surface area (Å²) in [5, 5.41) is 2.69. The van der Waals surface area contributed by atoms with Gasteiger partial charge in [-0.15, -0.1) is 0 Å². The van der Waals surface area contributed by atoms with Crippen LogP contribution in [0, 0.1) is 5.82 Å². The van der Waals surface area contributed by atoms with Crippen LogP contribution in [0.4, 0.5) is 10.1 Å². The van der Waals surface area contributed by atoms with E-state index in [4.69, 9.17) is 9.47 Å². The number of ether oxygens (including phenoxy) is 2. The van der Waals surface area contributed by atoms with E-state index in [1.165, 1.54) is 37.6 Å². The maximum atomic E-state index is 12.7. The third-order valence-corrected chi connectivity index (χ3v) is 2.64. The number of hydrogen-bond donors (Lipinski definition) is 1. The molecule has 1 aromatic heterocycles. The number of carbonyl (C=O) groups excluding carboxylic acids is 1. The molecule has 2 rings (SSSR count). The van der Waals surface area contributed by atoms with Gasteiger partial charge in [-0.1, -0.05) is 0 Å². The Morgan fingerprint density at radius 1 is 1.24 bits per heavy atom. The van der Waals surface area contributed by atoms with Crippen LogP contribution in [0.2, 0.25) is 0 Å². The molecule has 0 bridgehead atoms. The van der Waals surface area contributed by atoms with Gasteiger partial charge in [-0.05, 0) is 30.3 Å². The van der Waals surface area contributed by atoms with Gasteiger partial charge < -0.3 is 14.8 Å². The lowest BCUT2D eigenvalue weighted by atomic mass is 10.3. The number of carbonyl (C=O) groups is 1. The second-order valence-corrected chi connectivity index (χ2v) is 4.19. The minimum absolute atomic E-state index is 0.184. The van der Waals surface area contributed by atoms with Gasteiger partial charge >= 0.3 is 0 Å². The standard InChI is InChI=1S/C15H15FN2O3/c1-20-15-7-4-12(10-17-15)18-14(19)8-9-21-13-5-2-11(16)3-6-13/h2-7,10H,8-9H2,1H3,(H,18,19). The highest BCUT2D eigenvalue weighted by molar-refractivity contribution is 5.90. The van der Waals surface area contributed by atoms with Gasteiger partial charge in [0.1, 0.15) is 11.6 Å². The molecular formula is C15H15FN2O3. The summed E-state index contributed by atoms with van der Waals surface area (Å²) in [5.41, 5.74) is 0.586. The molecule has 0 aliphatic heterocycles. The number of benzene rings is 1. The molecular weight excluding hydrogens is 275 g/mol. The maximum Gasteiger partial charge on any atom is 0.227 e. The van der Waals surface area contributed by atoms with E-state index < -0.39 is 0 Å². The minimum Gasteiger partial charge on any atom is -0.493 e. The van der Waals surface area contributed by atoms with Crippen LogP contribution in [0.25, 0.3) is 0 Å². The van der Waals surface area contributed by atoms with Gasteiger partial charge in [0.15, 0.2) is 0 Å². The number of halogens is 1. The van der Waals surface area contributed by atoms with Crippen molar-refractivity contribution in [3.05, 3.63) is 48.4 Å². The summed E-state index contributed by atoms with van der Waals surface area (Å²) >= 11 is 0. The predicted molar refractivity (Wildman–Crippen MR) is 75.9 cm³/mol. The zero-order chi connectivity index (χ0) is 15.1. The Balaban J connectivity index is 1.75. The molecule has 1 amide bonds. The summed E-state index contributed by atoms with van der Waals surface area (Å²) in [6, 6.07) is 8.99. The number of rotatable bonds is 6. The Hall–Kier alpha value is -2.63. The summed E-state index contributed by atoms with van der Waals surface area (Å²) in [7, 11) is 1.52. The Morgan fingerprint density at radius 2 is 2.00 bits per heavy atom. The van der Waals surface area contributed by atoms with E-state index in [1.807, 2.05) is 0 Å². The molecule has 0 saturated heterocycles. The van der Waals surface area contributed by atoms with E-state index >= 15 is 0 Å². The van der Waals surface area contributed by atoms with Crippen molar-refractivity contribution >= 4 is 11.6 Å². The van der Waals surface area contributed by atoms with Crippen LogP contribution in [0.5, 0.6) is 11.6 Å². The van der Waals surface area contributed by atoms with Crippen LogP contribution in [0.15, 0.2) is 42.6 Å². The third kappa shape index (κ3) is 4.76. The van der Waals surface area contributed by atoms with Crippen molar-refractivity contribution in [2.24, 2.45) is 0 Å². The second kappa shape index (κ2) is 7.23. The molecule has 0 saturated carbocycles. The molecule has 21 heavy (non-hydrogen) atoms. The number of pyridine rings is 1. The van der Waals surface area contributed by atoms with Gasteiger partial charge in [0.05, 0.1) is 32.0 Å². The van der Waals surface area contributed by atoms with Crippen LogP contribution >= 0.6 is 0 Å². The highest BCUT2D eigenvalue weighted by atomic mass is 19.1. The van der Waals surface area contributed by atoms with E-state index in [9.17, 15) is 9.18 Å². The number of anilines is 1. The second-order valence-electron chi connectivity index (χ2n) is 4.19. The minimum atomic E-state index is -0.327. The van der Waals surface area contributed by atoms with Gasteiger partial charge in [0.25, 0.3) is 0 Å². The Kier molecular flexibility index (Phi) is 5.09. The molecule has 5 nitrogen and oxygen atoms in total. The first kappa shape index (κ1) is 14.8. The van der Waals surface area contributed by atoms with E-state index in [0.29, 0.717) is 17.3 Å². The van der Waals surface area contributed by atoms with Crippen LogP contribution in [-0.2, 0) is 4.79 Å². The molecule has 1 heterocycles. The number of nitrogens with one attached hydrogen (secondary N) is 1. The first-order valence-electron chi connectivity index (χ1n) is 6.35. The van der Waals surface area contributed by atoms with Gasteiger partial charge in [-0.25, -0.2) is 9.37 Å². The van der Waals surface area contributed by atoms with Crippen molar-refractivity contribution in [3.63, 3.8) is 0 Å². The molecule has 0 radical (unpaired) electrons. The fourth-order valence-electron chi connectivity index (χ4n) is 1.59. The highest BCUT2D eigenvalue weighted by Crippen LogP contribution is 2.13. The number of amides is 1. The topological polar surface area (TPSA) is 60.5 Å². The fourth-order valence-corrected chi connectivity index (χ4v) is 1.59. The zero-order valence-electron chi connectivity index (χ0n) is 11.5. The number of aromatic nitrogens is 1. The summed E-state index contributed by atoms with van der Waals surface area (Å²) in [6.45, 7) is 0.209. The first-order valence-corrected chi connectivity index (χ1v) is 6.35. The lowest BCUT2D eigenvalue weighted by molar-refractivity contribution is -0.116. The largest absolute Gasteiger partial charge is 0.493 e. The quantitative estimate of drug-likeness (QED) is 0.888. The molecule has 110 valence electrons. The van der Waals surface area contributed by atoms with Crippen molar-refractivity contribution in [2.45, 2.75) is 6.42 Å². The maximum absolute atomic E-state index is 12.7. The van der Waals surface area contributed by atoms with E-state index in [-0.39, 0.29) is 24.8 Å². The monoisotopic (exact) mass is 290 g/mol. The Morgan fingerprint density at radius 3 is 2.62 bits per heavy atom. The third-order valence-electron chi connectivity index (χ3n) is 2.64. The van der Waals surface area contributed by atoms with Gasteiger partial charge in [-0.3, -0.25) is 4.79 Å². The molecule has 6 heteroatoms. The van der Waals surface area contributed by atoms with Crippen LogP contribution in [0.3, 0.4) is 0 Å². The summed E-state index contributed by atoms with van der Waals surface area (Å²) < 4.78 is 23.0. The van der Waals surface area contributed by atoms with Crippen LogP contribution in [0.1, 0.15) is 6.42 Å². The van der Waals surface area contributed by atoms with Crippen LogP contribution < -0.4 is 14.8 Å². The van der Waals surface area contributed by atoms with Gasteiger partial charge in [-0.2, -0.15) is 0 Å². The van der Waals surface area contributed by atoms with Crippen molar-refractivity contribution in [2.75, 3.05) is 19.0 Å². The SMILES string of the molecule is COc1ccc(NC(=O)CCOc2ccc(F)cc2)cn1. The number of nitrogens with zero attached hydrogens (tertiary/aromatic N) is 1. The van der Waals surface area contributed by atoms with Crippen molar-refractivity contribution in [1.82, 2.24) is 4.98 Å². The van der Waals surface area contributed by atoms with Crippen molar-refractivity contribution < 1.29 is 18.7 Å². The molecule has 0 fully saturated rings. The summed E-state index contributed by atoms with van der Waals surface area (Å²) in [6.07, 6.45) is 1.70. The van der Waals surface area contributed by atoms with Gasteiger partial charge in [0.2, 0.25) is 11.8 Å². The lowest BCUT2D eigenvalue weighted by Gasteiger charge is -2.07. The number of hydrogen-bond acceptors (Lipinski definition) is 4. The highest BCUT2D eigenvalue weighted by Gasteiger charge is 2.04. The molecule has 0 unspecified atom stereocenters. The zero-order valence-corrected chi connectivity index (χ0v) is 11.5. The smallest absolute Gasteiger partial charge is 0.227 e. The summed E-state index contributed by atoms with van der Waals surface area (Å²) in [4.78, 5) is 15.7. The van der Waals surface area contributed by atoms with E-state index in [1.54, 1.807) is 12.1 Å². The molecule has 0 atom stereocenters. The number of methoxy groups -OCH3 is 1. The first-order chi connectivity index (χ1) is 10.2. The molecule has 0 aliphatic carbocycles. The average molecular weight is 290 g/mol. The molecule has 0 spiro atoms. The normalized spacial score (nSPS) is 10.0. The molecule has 0 aliphatic rings. The average Bonchev–Trinajstić information content (AvgIpc) is 2.50. The molecule has 1 aromatic carbocycles. The van der Waals surface area contributed by atoms with E-state index in [0.717, 1.165) is 0 Å². The molecule has 2 aromatic rings. The van der Waals surface area contributed by atoms with Gasteiger partial charge in [0, 0.05) is 6.07 Å². The fraction of sp³-hybridized carbons (Fsp3) is 0.200. The summed E-state index contributed by atoms with van der Waals surface area (Å²) in [5.74, 6) is 0.485. The van der Waals surface area contributed by atoms with Crippen LogP contribution in [-0.4, -0.2) is 24.6 Å². The predicted octanol–water partition coefficient (Wildman–Crippen LogP) is 2.64. The lowest BCUT2D eigenvalue weighted by Crippen LogP contribution is -2.15. The Bertz CT molecular complexity index is 585. The van der Waals surface area contributed by atoms with Crippen molar-refractivity contribution in [1.29, 1.82) is 0 Å². The van der Waals surface area contributed by atoms with Crippen molar-refractivity contribution in [3.8, 4) is 11.6 Å². The Labute approximate surface area is 121 Å².